The fourth-order valence-corrected chi connectivity index (χ4v) is 4.41. The van der Waals surface area contributed by atoms with E-state index in [-0.39, 0.29) is 11.3 Å². The number of ether oxygens (including phenoxy) is 1. The summed E-state index contributed by atoms with van der Waals surface area (Å²) in [6.45, 7) is 7.34. The average Bonchev–Trinajstić information content (AvgIpc) is 3.31. The van der Waals surface area contributed by atoms with Crippen LogP contribution in [0.5, 0.6) is 5.75 Å². The number of likely N-dealkylation sites (N-methyl/N-ethyl adjacent to an activating group) is 1. The van der Waals surface area contributed by atoms with Crippen LogP contribution in [0.25, 0.3) is 11.4 Å². The number of nitrogens with zero attached hydrogens (tertiary/aromatic N) is 4. The summed E-state index contributed by atoms with van der Waals surface area (Å²) >= 11 is 0. The van der Waals surface area contributed by atoms with Crippen LogP contribution in [0.3, 0.4) is 0 Å². The molecule has 2 aromatic heterocycles. The molecule has 8 heteroatoms. The second kappa shape index (κ2) is 9.92. The normalized spacial score (nSPS) is 17.7. The van der Waals surface area contributed by atoms with E-state index in [1.807, 2.05) is 86.8 Å². The fraction of sp³-hybridized carbons (Fsp3) is 0.370. The lowest BCUT2D eigenvalue weighted by Crippen LogP contribution is -2.35. The molecule has 3 heterocycles. The van der Waals surface area contributed by atoms with Crippen molar-refractivity contribution in [3.05, 3.63) is 70.7 Å². The van der Waals surface area contributed by atoms with Crippen molar-refractivity contribution in [2.75, 3.05) is 33.8 Å². The van der Waals surface area contributed by atoms with Gasteiger partial charge in [-0.2, -0.15) is 0 Å². The Labute approximate surface area is 205 Å². The molecule has 1 unspecified atom stereocenters. The first-order chi connectivity index (χ1) is 16.7. The molecule has 4 rings (SSSR count). The number of hydrogen-bond donors (Lipinski definition) is 1. The van der Waals surface area contributed by atoms with Gasteiger partial charge in [0.2, 0.25) is 0 Å². The van der Waals surface area contributed by atoms with Crippen LogP contribution in [0.15, 0.2) is 48.2 Å². The van der Waals surface area contributed by atoms with Crippen molar-refractivity contribution in [1.29, 1.82) is 0 Å². The van der Waals surface area contributed by atoms with Crippen molar-refractivity contribution >= 4 is 23.1 Å². The SMILES string of the molecule is CCCOc1ccc(C2C(=C(O)c3nc4c(C)cccn4c3C)C(=O)C(=O)N2CCN(C)C)cc1. The molecule has 1 atom stereocenters. The number of carbonyl (C=O) groups excluding carboxylic acids is 2. The molecule has 1 aliphatic heterocycles. The summed E-state index contributed by atoms with van der Waals surface area (Å²) < 4.78 is 7.57. The molecule has 8 nitrogen and oxygen atoms in total. The monoisotopic (exact) mass is 476 g/mol. The van der Waals surface area contributed by atoms with Crippen LogP contribution in [-0.2, 0) is 9.59 Å². The number of ketones is 1. The third-order valence-electron chi connectivity index (χ3n) is 6.31. The lowest BCUT2D eigenvalue weighted by molar-refractivity contribution is -0.140. The summed E-state index contributed by atoms with van der Waals surface area (Å²) in [7, 11) is 3.82. The quantitative estimate of drug-likeness (QED) is 0.303. The Morgan fingerprint density at radius 1 is 1.14 bits per heavy atom. The summed E-state index contributed by atoms with van der Waals surface area (Å²) in [5.41, 5.74) is 3.43. The molecule has 184 valence electrons. The predicted octanol–water partition coefficient (Wildman–Crippen LogP) is 3.72. The van der Waals surface area contributed by atoms with E-state index < -0.39 is 17.7 Å². The largest absolute Gasteiger partial charge is 0.505 e. The number of benzene rings is 1. The smallest absolute Gasteiger partial charge is 0.295 e. The number of aliphatic hydroxyl groups excluding tert-OH is 1. The number of Topliss-reactive ketones (excluding diaryl/α,β-unsaturated/α-hetero) is 1. The molecule has 0 saturated carbocycles. The van der Waals surface area contributed by atoms with Gasteiger partial charge >= 0.3 is 0 Å². The van der Waals surface area contributed by atoms with Gasteiger partial charge in [-0.15, -0.1) is 0 Å². The van der Waals surface area contributed by atoms with Crippen molar-refractivity contribution < 1.29 is 19.4 Å². The van der Waals surface area contributed by atoms with Crippen molar-refractivity contribution in [1.82, 2.24) is 19.2 Å². The van der Waals surface area contributed by atoms with E-state index in [0.717, 1.165) is 17.5 Å². The maximum absolute atomic E-state index is 13.3. The van der Waals surface area contributed by atoms with Crippen LogP contribution in [0.2, 0.25) is 0 Å². The maximum Gasteiger partial charge on any atom is 0.295 e. The number of aromatic nitrogens is 2. The molecule has 1 amide bonds. The van der Waals surface area contributed by atoms with Crippen molar-refractivity contribution in [2.45, 2.75) is 33.2 Å². The molecule has 35 heavy (non-hydrogen) atoms. The number of rotatable bonds is 8. The standard InChI is InChI=1S/C27H32N4O4/c1-6-16-35-20-11-9-19(10-12-20)23-21(25(33)27(34)31(23)15-14-29(4)5)24(32)22-18(3)30-13-7-8-17(2)26(30)28-22/h7-13,23,32H,6,14-16H2,1-5H3. The van der Waals surface area contributed by atoms with Crippen molar-refractivity contribution in [3.8, 4) is 5.75 Å². The summed E-state index contributed by atoms with van der Waals surface area (Å²) in [6, 6.07) is 10.5. The highest BCUT2D eigenvalue weighted by Crippen LogP contribution is 2.40. The molecule has 1 fully saturated rings. The van der Waals surface area contributed by atoms with Crippen molar-refractivity contribution in [3.63, 3.8) is 0 Å². The summed E-state index contributed by atoms with van der Waals surface area (Å²) in [6.07, 6.45) is 2.76. The van der Waals surface area contributed by atoms with Gasteiger partial charge in [0.05, 0.1) is 23.9 Å². The molecule has 3 aromatic rings. The molecule has 0 aliphatic carbocycles. The summed E-state index contributed by atoms with van der Waals surface area (Å²) in [5, 5.41) is 11.4. The van der Waals surface area contributed by atoms with Gasteiger partial charge < -0.3 is 24.0 Å². The van der Waals surface area contributed by atoms with Gasteiger partial charge in [0.1, 0.15) is 17.1 Å². The number of imidazole rings is 1. The van der Waals surface area contributed by atoms with Crippen LogP contribution in [-0.4, -0.2) is 69.8 Å². The highest BCUT2D eigenvalue weighted by Gasteiger charge is 2.46. The number of likely N-dealkylation sites (tertiary alicyclic amines) is 1. The minimum Gasteiger partial charge on any atom is -0.505 e. The highest BCUT2D eigenvalue weighted by molar-refractivity contribution is 6.46. The Kier molecular flexibility index (Phi) is 6.93. The van der Waals surface area contributed by atoms with Gasteiger partial charge in [-0.3, -0.25) is 9.59 Å². The number of fused-ring (bicyclic) bond motifs is 1. The molecule has 1 aliphatic rings. The third kappa shape index (κ3) is 4.53. The van der Waals surface area contributed by atoms with Crippen molar-refractivity contribution in [2.24, 2.45) is 0 Å². The minimum atomic E-state index is -0.722. The zero-order chi connectivity index (χ0) is 25.3. The first-order valence-corrected chi connectivity index (χ1v) is 11.8. The van der Waals surface area contributed by atoms with E-state index in [4.69, 9.17) is 4.74 Å². The van der Waals surface area contributed by atoms with Crippen LogP contribution in [0, 0.1) is 13.8 Å². The lowest BCUT2D eigenvalue weighted by atomic mass is 9.96. The van der Waals surface area contributed by atoms with Gasteiger partial charge in [0.25, 0.3) is 11.7 Å². The molecule has 0 radical (unpaired) electrons. The van der Waals surface area contributed by atoms with E-state index in [1.54, 1.807) is 0 Å². The molecule has 1 aromatic carbocycles. The first kappa shape index (κ1) is 24.5. The Morgan fingerprint density at radius 3 is 2.49 bits per heavy atom. The predicted molar refractivity (Wildman–Crippen MR) is 134 cm³/mol. The van der Waals surface area contributed by atoms with Gasteiger partial charge in [-0.25, -0.2) is 4.98 Å². The number of pyridine rings is 1. The van der Waals surface area contributed by atoms with Crippen LogP contribution in [0.4, 0.5) is 0 Å². The van der Waals surface area contributed by atoms with E-state index in [9.17, 15) is 14.7 Å². The Morgan fingerprint density at radius 2 is 1.86 bits per heavy atom. The zero-order valence-electron chi connectivity index (χ0n) is 20.9. The van der Waals surface area contributed by atoms with E-state index in [1.165, 1.54) is 4.90 Å². The number of aryl methyl sites for hydroxylation is 2. The Bertz CT molecular complexity index is 1290. The summed E-state index contributed by atoms with van der Waals surface area (Å²) in [4.78, 5) is 34.5. The topological polar surface area (TPSA) is 87.4 Å². The third-order valence-corrected chi connectivity index (χ3v) is 6.31. The molecule has 1 saturated heterocycles. The molecular formula is C27H32N4O4. The Balaban J connectivity index is 1.85. The number of aliphatic hydroxyl groups is 1. The Hall–Kier alpha value is -3.65. The maximum atomic E-state index is 13.3. The van der Waals surface area contributed by atoms with Gasteiger partial charge in [-0.1, -0.05) is 25.1 Å². The van der Waals surface area contributed by atoms with Crippen LogP contribution < -0.4 is 4.74 Å². The second-order valence-electron chi connectivity index (χ2n) is 9.14. The number of carbonyl (C=O) groups is 2. The second-order valence-corrected chi connectivity index (χ2v) is 9.14. The first-order valence-electron chi connectivity index (χ1n) is 11.8. The molecular weight excluding hydrogens is 444 g/mol. The lowest BCUT2D eigenvalue weighted by Gasteiger charge is -2.26. The van der Waals surface area contributed by atoms with Crippen LogP contribution in [0.1, 0.15) is 41.9 Å². The average molecular weight is 477 g/mol. The van der Waals surface area contributed by atoms with Crippen LogP contribution >= 0.6 is 0 Å². The van der Waals surface area contributed by atoms with E-state index >= 15 is 0 Å². The highest BCUT2D eigenvalue weighted by atomic mass is 16.5. The molecule has 0 bridgehead atoms. The van der Waals surface area contributed by atoms with Gasteiger partial charge in [-0.05, 0) is 63.7 Å². The fourth-order valence-electron chi connectivity index (χ4n) is 4.41. The van der Waals surface area contributed by atoms with Gasteiger partial charge in [0.15, 0.2) is 5.76 Å². The van der Waals surface area contributed by atoms with Gasteiger partial charge in [0, 0.05) is 19.3 Å². The molecule has 0 spiro atoms. The number of hydrogen-bond acceptors (Lipinski definition) is 6. The summed E-state index contributed by atoms with van der Waals surface area (Å²) in [5.74, 6) is -0.867. The zero-order valence-corrected chi connectivity index (χ0v) is 20.9. The molecule has 1 N–H and O–H groups in total. The van der Waals surface area contributed by atoms with E-state index in [0.29, 0.717) is 42.5 Å². The van der Waals surface area contributed by atoms with E-state index in [2.05, 4.69) is 4.98 Å². The minimum absolute atomic E-state index is 0.0557. The number of amides is 1.